The van der Waals surface area contributed by atoms with Gasteiger partial charge >= 0.3 is 0 Å². The van der Waals surface area contributed by atoms with Crippen molar-refractivity contribution in [3.05, 3.63) is 29.3 Å². The predicted octanol–water partition coefficient (Wildman–Crippen LogP) is 1.43. The molecule has 1 aliphatic heterocycles. The van der Waals surface area contributed by atoms with Crippen molar-refractivity contribution in [3.8, 4) is 5.75 Å². The zero-order valence-electron chi connectivity index (χ0n) is 7.17. The lowest BCUT2D eigenvalue weighted by atomic mass is 9.96. The fourth-order valence-corrected chi connectivity index (χ4v) is 1.69. The minimum absolute atomic E-state index is 0.423. The van der Waals surface area contributed by atoms with Gasteiger partial charge in [-0.2, -0.15) is 0 Å². The van der Waals surface area contributed by atoms with Gasteiger partial charge in [0.2, 0.25) is 0 Å². The first kappa shape index (κ1) is 7.62. The minimum Gasteiger partial charge on any atom is -0.508 e. The number of hydrogen-bond acceptors (Lipinski definition) is 2. The molecule has 12 heavy (non-hydrogen) atoms. The molecule has 1 atom stereocenters. The second-order valence-electron chi connectivity index (χ2n) is 3.40. The van der Waals surface area contributed by atoms with Crippen molar-refractivity contribution in [1.82, 2.24) is 5.32 Å². The van der Waals surface area contributed by atoms with Gasteiger partial charge in [-0.25, -0.2) is 0 Å². The molecule has 0 aromatic heterocycles. The summed E-state index contributed by atoms with van der Waals surface area (Å²) in [7, 11) is 0. The van der Waals surface area contributed by atoms with Crippen molar-refractivity contribution in [2.24, 2.45) is 0 Å². The Bertz CT molecular complexity index is 296. The van der Waals surface area contributed by atoms with E-state index in [9.17, 15) is 5.11 Å². The summed E-state index contributed by atoms with van der Waals surface area (Å²) in [5, 5.41) is 12.8. The molecule has 0 aliphatic carbocycles. The van der Waals surface area contributed by atoms with Crippen LogP contribution >= 0.6 is 0 Å². The Balaban J connectivity index is 2.42. The van der Waals surface area contributed by atoms with Crippen LogP contribution in [-0.4, -0.2) is 11.1 Å². The molecule has 2 N–H and O–H groups in total. The second kappa shape index (κ2) is 2.79. The molecule has 0 amide bonds. The van der Waals surface area contributed by atoms with Gasteiger partial charge in [0.1, 0.15) is 5.75 Å². The third kappa shape index (κ3) is 1.18. The van der Waals surface area contributed by atoms with Gasteiger partial charge in [0.25, 0.3) is 0 Å². The first-order valence-corrected chi connectivity index (χ1v) is 4.30. The van der Waals surface area contributed by atoms with Crippen molar-refractivity contribution >= 4 is 0 Å². The topological polar surface area (TPSA) is 32.3 Å². The maximum Gasteiger partial charge on any atom is 0.120 e. The summed E-state index contributed by atoms with van der Waals surface area (Å²) in [5.74, 6) is 0.423. The van der Waals surface area contributed by atoms with Gasteiger partial charge in [0.05, 0.1) is 0 Å². The molecule has 1 aromatic rings. The number of benzene rings is 1. The van der Waals surface area contributed by atoms with Gasteiger partial charge in [-0.1, -0.05) is 12.1 Å². The van der Waals surface area contributed by atoms with Gasteiger partial charge in [0, 0.05) is 18.2 Å². The van der Waals surface area contributed by atoms with E-state index >= 15 is 0 Å². The van der Waals surface area contributed by atoms with E-state index in [2.05, 4.69) is 18.3 Å². The van der Waals surface area contributed by atoms with Crippen LogP contribution in [0.5, 0.6) is 5.75 Å². The highest BCUT2D eigenvalue weighted by atomic mass is 16.3. The molecule has 0 spiro atoms. The standard InChI is InChI=1S/C10H13NO/c1-7-5-8-3-2-4-10(12)9(8)6-11-7/h2-4,7,11-12H,5-6H2,1H3/t7-/m0/s1. The molecule has 0 saturated heterocycles. The van der Waals surface area contributed by atoms with E-state index in [0.29, 0.717) is 11.8 Å². The third-order valence-electron chi connectivity index (χ3n) is 2.40. The minimum atomic E-state index is 0.423. The predicted molar refractivity (Wildman–Crippen MR) is 48.1 cm³/mol. The van der Waals surface area contributed by atoms with Gasteiger partial charge in [-0.3, -0.25) is 0 Å². The highest BCUT2D eigenvalue weighted by Crippen LogP contribution is 2.24. The van der Waals surface area contributed by atoms with Crippen molar-refractivity contribution in [2.45, 2.75) is 25.9 Å². The molecule has 1 aliphatic rings. The zero-order chi connectivity index (χ0) is 8.55. The van der Waals surface area contributed by atoms with Crippen molar-refractivity contribution in [3.63, 3.8) is 0 Å². The zero-order valence-corrected chi connectivity index (χ0v) is 7.17. The van der Waals surface area contributed by atoms with E-state index < -0.39 is 0 Å². The first-order valence-electron chi connectivity index (χ1n) is 4.30. The molecule has 64 valence electrons. The van der Waals surface area contributed by atoms with Crippen LogP contribution in [0.15, 0.2) is 18.2 Å². The summed E-state index contributed by atoms with van der Waals surface area (Å²) < 4.78 is 0. The first-order chi connectivity index (χ1) is 5.77. The molecule has 0 bridgehead atoms. The Morgan fingerprint density at radius 3 is 3.17 bits per heavy atom. The molecular formula is C10H13NO. The number of phenols is 1. The number of aromatic hydroxyl groups is 1. The molecule has 0 saturated carbocycles. The molecule has 0 radical (unpaired) electrons. The Labute approximate surface area is 72.2 Å². The van der Waals surface area contributed by atoms with E-state index in [4.69, 9.17) is 0 Å². The van der Waals surface area contributed by atoms with Crippen LogP contribution in [0.4, 0.5) is 0 Å². The van der Waals surface area contributed by atoms with Gasteiger partial charge in [-0.05, 0) is 25.0 Å². The Hall–Kier alpha value is -1.02. The quantitative estimate of drug-likeness (QED) is 0.606. The van der Waals surface area contributed by atoms with E-state index in [0.717, 1.165) is 18.5 Å². The SMILES string of the molecule is C[C@H]1Cc2cccc(O)c2CN1. The van der Waals surface area contributed by atoms with Crippen molar-refractivity contribution in [2.75, 3.05) is 0 Å². The molecule has 2 nitrogen and oxygen atoms in total. The summed E-state index contributed by atoms with van der Waals surface area (Å²) in [4.78, 5) is 0. The Morgan fingerprint density at radius 2 is 2.33 bits per heavy atom. The van der Waals surface area contributed by atoms with Crippen LogP contribution in [0.2, 0.25) is 0 Å². The average Bonchev–Trinajstić information content (AvgIpc) is 2.04. The summed E-state index contributed by atoms with van der Waals surface area (Å²) in [5.41, 5.74) is 2.34. The number of nitrogens with one attached hydrogen (secondary N) is 1. The Morgan fingerprint density at radius 1 is 1.50 bits per heavy atom. The highest BCUT2D eigenvalue weighted by molar-refractivity contribution is 5.40. The average molecular weight is 163 g/mol. The van der Waals surface area contributed by atoms with Gasteiger partial charge in [-0.15, -0.1) is 0 Å². The lowest BCUT2D eigenvalue weighted by molar-refractivity contribution is 0.444. The van der Waals surface area contributed by atoms with E-state index in [-0.39, 0.29) is 0 Å². The van der Waals surface area contributed by atoms with Crippen molar-refractivity contribution < 1.29 is 5.11 Å². The van der Waals surface area contributed by atoms with Gasteiger partial charge < -0.3 is 10.4 Å². The maximum atomic E-state index is 9.50. The lowest BCUT2D eigenvalue weighted by Gasteiger charge is -2.23. The number of rotatable bonds is 0. The maximum absolute atomic E-state index is 9.50. The van der Waals surface area contributed by atoms with Crippen LogP contribution in [-0.2, 0) is 13.0 Å². The third-order valence-corrected chi connectivity index (χ3v) is 2.40. The number of hydrogen-bond donors (Lipinski definition) is 2. The highest BCUT2D eigenvalue weighted by Gasteiger charge is 2.15. The van der Waals surface area contributed by atoms with Crippen LogP contribution in [0.25, 0.3) is 0 Å². The number of fused-ring (bicyclic) bond motifs is 1. The summed E-state index contributed by atoms with van der Waals surface area (Å²) >= 11 is 0. The lowest BCUT2D eigenvalue weighted by Crippen LogP contribution is -2.32. The van der Waals surface area contributed by atoms with E-state index in [1.807, 2.05) is 6.07 Å². The molecule has 1 aromatic carbocycles. The second-order valence-corrected chi connectivity index (χ2v) is 3.40. The fraction of sp³-hybridized carbons (Fsp3) is 0.400. The van der Waals surface area contributed by atoms with Crippen LogP contribution in [0.1, 0.15) is 18.1 Å². The molecule has 0 unspecified atom stereocenters. The largest absolute Gasteiger partial charge is 0.508 e. The molecule has 0 fully saturated rings. The number of phenolic OH excluding ortho intramolecular Hbond substituents is 1. The monoisotopic (exact) mass is 163 g/mol. The van der Waals surface area contributed by atoms with E-state index in [1.165, 1.54) is 5.56 Å². The Kier molecular flexibility index (Phi) is 1.77. The fourth-order valence-electron chi connectivity index (χ4n) is 1.69. The van der Waals surface area contributed by atoms with Crippen molar-refractivity contribution in [1.29, 1.82) is 0 Å². The van der Waals surface area contributed by atoms with Crippen LogP contribution in [0.3, 0.4) is 0 Å². The smallest absolute Gasteiger partial charge is 0.120 e. The van der Waals surface area contributed by atoms with Crippen LogP contribution < -0.4 is 5.32 Å². The van der Waals surface area contributed by atoms with Gasteiger partial charge in [0.15, 0.2) is 0 Å². The molecular weight excluding hydrogens is 150 g/mol. The molecule has 1 heterocycles. The van der Waals surface area contributed by atoms with Crippen LogP contribution in [0, 0.1) is 0 Å². The molecule has 2 heteroatoms. The van der Waals surface area contributed by atoms with E-state index in [1.54, 1.807) is 6.07 Å². The summed E-state index contributed by atoms with van der Waals surface area (Å²) in [6.07, 6.45) is 1.02. The summed E-state index contributed by atoms with van der Waals surface area (Å²) in [6.45, 7) is 2.95. The molecule has 2 rings (SSSR count). The normalized spacial score (nSPS) is 21.9. The summed E-state index contributed by atoms with van der Waals surface area (Å²) in [6, 6.07) is 6.27.